The molecule has 0 bridgehead atoms. The highest BCUT2D eigenvalue weighted by Crippen LogP contribution is 2.25. The van der Waals surface area contributed by atoms with Crippen molar-refractivity contribution in [2.45, 2.75) is 25.0 Å². The lowest BCUT2D eigenvalue weighted by molar-refractivity contribution is -0.0777. The summed E-state index contributed by atoms with van der Waals surface area (Å²) in [6, 6.07) is 5.50. The predicted octanol–water partition coefficient (Wildman–Crippen LogP) is 2.97. The smallest absolute Gasteiger partial charge is 0.0817 e. The Balaban J connectivity index is 1.95. The number of halogens is 2. The van der Waals surface area contributed by atoms with Gasteiger partial charge < -0.3 is 9.84 Å². The standard InChI is InChI=1S/C14H19Cl2NO2/c1-17(10-14(18)4-6-19-7-5-14)9-11-2-3-12(15)8-13(11)16/h2-3,8,18H,4-7,9-10H2,1H3. The number of rotatable bonds is 4. The van der Waals surface area contributed by atoms with Gasteiger partial charge in [-0.2, -0.15) is 0 Å². The monoisotopic (exact) mass is 303 g/mol. The van der Waals surface area contributed by atoms with Crippen LogP contribution < -0.4 is 0 Å². The maximum Gasteiger partial charge on any atom is 0.0817 e. The highest BCUT2D eigenvalue weighted by atomic mass is 35.5. The predicted molar refractivity (Wildman–Crippen MR) is 77.8 cm³/mol. The molecule has 1 aromatic rings. The van der Waals surface area contributed by atoms with Gasteiger partial charge >= 0.3 is 0 Å². The Morgan fingerprint density at radius 3 is 2.63 bits per heavy atom. The molecule has 1 saturated heterocycles. The van der Waals surface area contributed by atoms with Crippen LogP contribution in [0, 0.1) is 0 Å². The molecule has 0 amide bonds. The molecule has 19 heavy (non-hydrogen) atoms. The molecule has 106 valence electrons. The van der Waals surface area contributed by atoms with Crippen molar-refractivity contribution in [3.63, 3.8) is 0 Å². The Labute approximate surface area is 124 Å². The van der Waals surface area contributed by atoms with Crippen molar-refractivity contribution in [3.8, 4) is 0 Å². The molecular weight excluding hydrogens is 285 g/mol. The van der Waals surface area contributed by atoms with Crippen LogP contribution in [0.2, 0.25) is 10.0 Å². The summed E-state index contributed by atoms with van der Waals surface area (Å²) in [6.45, 7) is 2.58. The fourth-order valence-electron chi connectivity index (χ4n) is 2.41. The largest absolute Gasteiger partial charge is 0.388 e. The number of benzene rings is 1. The van der Waals surface area contributed by atoms with Gasteiger partial charge in [-0.25, -0.2) is 0 Å². The van der Waals surface area contributed by atoms with E-state index >= 15 is 0 Å². The van der Waals surface area contributed by atoms with Crippen LogP contribution in [0.3, 0.4) is 0 Å². The fraction of sp³-hybridized carbons (Fsp3) is 0.571. The minimum absolute atomic E-state index is 0.620. The number of aliphatic hydroxyl groups is 1. The summed E-state index contributed by atoms with van der Waals surface area (Å²) in [5.74, 6) is 0. The summed E-state index contributed by atoms with van der Waals surface area (Å²) in [5, 5.41) is 11.8. The van der Waals surface area contributed by atoms with E-state index in [1.54, 1.807) is 6.07 Å². The first-order valence-corrected chi connectivity index (χ1v) is 7.17. The van der Waals surface area contributed by atoms with Crippen LogP contribution in [0.1, 0.15) is 18.4 Å². The van der Waals surface area contributed by atoms with Gasteiger partial charge in [-0.1, -0.05) is 29.3 Å². The molecule has 1 aliphatic rings. The maximum atomic E-state index is 10.5. The van der Waals surface area contributed by atoms with E-state index in [2.05, 4.69) is 4.90 Å². The van der Waals surface area contributed by atoms with Crippen LogP contribution >= 0.6 is 23.2 Å². The third-order valence-electron chi connectivity index (χ3n) is 3.44. The Kier molecular flexibility index (Phi) is 5.09. The molecule has 1 fully saturated rings. The summed E-state index contributed by atoms with van der Waals surface area (Å²) in [5.41, 5.74) is 0.371. The van der Waals surface area contributed by atoms with Crippen molar-refractivity contribution in [1.82, 2.24) is 4.90 Å². The zero-order valence-corrected chi connectivity index (χ0v) is 12.5. The molecule has 1 aliphatic heterocycles. The average molecular weight is 304 g/mol. The Bertz CT molecular complexity index is 433. The number of nitrogens with zero attached hydrogens (tertiary/aromatic N) is 1. The zero-order valence-electron chi connectivity index (χ0n) is 11.0. The molecule has 0 unspecified atom stereocenters. The maximum absolute atomic E-state index is 10.5. The molecule has 0 aliphatic carbocycles. The summed E-state index contributed by atoms with van der Waals surface area (Å²) in [6.07, 6.45) is 1.37. The molecule has 0 saturated carbocycles. The molecule has 2 rings (SSSR count). The SMILES string of the molecule is CN(Cc1ccc(Cl)cc1Cl)CC1(O)CCOCC1. The zero-order chi connectivity index (χ0) is 13.9. The van der Waals surface area contributed by atoms with Crippen LogP contribution in [0.25, 0.3) is 0 Å². The minimum atomic E-state index is -0.647. The molecular formula is C14H19Cl2NO2. The lowest BCUT2D eigenvalue weighted by Gasteiger charge is -2.35. The van der Waals surface area contributed by atoms with Gasteiger partial charge in [-0.05, 0) is 24.7 Å². The summed E-state index contributed by atoms with van der Waals surface area (Å²) in [7, 11) is 1.98. The highest BCUT2D eigenvalue weighted by Gasteiger charge is 2.31. The first-order valence-electron chi connectivity index (χ1n) is 6.41. The lowest BCUT2D eigenvalue weighted by Crippen LogP contribution is -2.45. The normalized spacial score (nSPS) is 18.8. The van der Waals surface area contributed by atoms with Gasteiger partial charge in [0.25, 0.3) is 0 Å². The summed E-state index contributed by atoms with van der Waals surface area (Å²) < 4.78 is 5.28. The minimum Gasteiger partial charge on any atom is -0.388 e. The Morgan fingerprint density at radius 2 is 2.00 bits per heavy atom. The van der Waals surface area contributed by atoms with Gasteiger partial charge in [0.15, 0.2) is 0 Å². The number of hydrogen-bond acceptors (Lipinski definition) is 3. The summed E-state index contributed by atoms with van der Waals surface area (Å²) in [4.78, 5) is 2.08. The van der Waals surface area contributed by atoms with E-state index in [0.717, 1.165) is 5.56 Å². The van der Waals surface area contributed by atoms with Crippen LogP contribution in [0.4, 0.5) is 0 Å². The third-order valence-corrected chi connectivity index (χ3v) is 4.03. The average Bonchev–Trinajstić information content (AvgIpc) is 2.33. The number of ether oxygens (including phenoxy) is 1. The van der Waals surface area contributed by atoms with Crippen LogP contribution in [-0.4, -0.2) is 42.4 Å². The van der Waals surface area contributed by atoms with Crippen molar-refractivity contribution < 1.29 is 9.84 Å². The second kappa shape index (κ2) is 6.42. The Hall–Kier alpha value is -0.320. The fourth-order valence-corrected chi connectivity index (χ4v) is 2.88. The molecule has 0 spiro atoms. The van der Waals surface area contributed by atoms with E-state index in [0.29, 0.717) is 49.2 Å². The van der Waals surface area contributed by atoms with Crippen molar-refractivity contribution in [3.05, 3.63) is 33.8 Å². The van der Waals surface area contributed by atoms with Gasteiger partial charge in [-0.15, -0.1) is 0 Å². The van der Waals surface area contributed by atoms with Gasteiger partial charge in [0, 0.05) is 49.2 Å². The van der Waals surface area contributed by atoms with Crippen LogP contribution in [0.15, 0.2) is 18.2 Å². The third kappa shape index (κ3) is 4.33. The van der Waals surface area contributed by atoms with E-state index in [4.69, 9.17) is 27.9 Å². The first-order chi connectivity index (χ1) is 8.98. The van der Waals surface area contributed by atoms with E-state index in [1.807, 2.05) is 19.2 Å². The summed E-state index contributed by atoms with van der Waals surface area (Å²) >= 11 is 12.0. The molecule has 0 radical (unpaired) electrons. The van der Waals surface area contributed by atoms with Crippen molar-refractivity contribution in [2.75, 3.05) is 26.8 Å². The molecule has 3 nitrogen and oxygen atoms in total. The molecule has 5 heteroatoms. The van der Waals surface area contributed by atoms with Crippen LogP contribution in [-0.2, 0) is 11.3 Å². The van der Waals surface area contributed by atoms with E-state index in [1.165, 1.54) is 0 Å². The lowest BCUT2D eigenvalue weighted by atomic mass is 9.94. The number of likely N-dealkylation sites (N-methyl/N-ethyl adjacent to an activating group) is 1. The van der Waals surface area contributed by atoms with Gasteiger partial charge in [-0.3, -0.25) is 4.90 Å². The Morgan fingerprint density at radius 1 is 1.32 bits per heavy atom. The molecule has 0 aromatic heterocycles. The van der Waals surface area contributed by atoms with Crippen molar-refractivity contribution in [1.29, 1.82) is 0 Å². The number of hydrogen-bond donors (Lipinski definition) is 1. The second-order valence-electron chi connectivity index (χ2n) is 5.24. The van der Waals surface area contributed by atoms with Gasteiger partial charge in [0.05, 0.1) is 5.60 Å². The van der Waals surface area contributed by atoms with Gasteiger partial charge in [0.2, 0.25) is 0 Å². The molecule has 1 aromatic carbocycles. The van der Waals surface area contributed by atoms with E-state index < -0.39 is 5.60 Å². The molecule has 1 N–H and O–H groups in total. The first kappa shape index (κ1) is 15.1. The van der Waals surface area contributed by atoms with Crippen molar-refractivity contribution >= 4 is 23.2 Å². The quantitative estimate of drug-likeness (QED) is 0.928. The van der Waals surface area contributed by atoms with E-state index in [9.17, 15) is 5.11 Å². The molecule has 1 heterocycles. The van der Waals surface area contributed by atoms with Crippen LogP contribution in [0.5, 0.6) is 0 Å². The molecule has 0 atom stereocenters. The second-order valence-corrected chi connectivity index (χ2v) is 6.09. The van der Waals surface area contributed by atoms with E-state index in [-0.39, 0.29) is 0 Å². The van der Waals surface area contributed by atoms with Crippen molar-refractivity contribution in [2.24, 2.45) is 0 Å². The highest BCUT2D eigenvalue weighted by molar-refractivity contribution is 6.35. The topological polar surface area (TPSA) is 32.7 Å². The van der Waals surface area contributed by atoms with Gasteiger partial charge in [0.1, 0.15) is 0 Å².